The topological polar surface area (TPSA) is 40.6 Å². The fourth-order valence-corrected chi connectivity index (χ4v) is 3.05. The summed E-state index contributed by atoms with van der Waals surface area (Å²) in [5.41, 5.74) is -0.156. The number of carbonyl (C=O) groups excluding carboxylic acids is 2. The van der Waals surface area contributed by atoms with Gasteiger partial charge in [-0.2, -0.15) is 0 Å². The maximum atomic E-state index is 14.2. The van der Waals surface area contributed by atoms with Crippen LogP contribution in [-0.2, 0) is 9.59 Å². The fraction of sp³-hybridized carbons (Fsp3) is 0.467. The molecule has 0 aromatic heterocycles. The number of aryl methyl sites for hydroxylation is 1. The number of halogens is 2. The summed E-state index contributed by atoms with van der Waals surface area (Å²) in [6, 6.07) is 1.86. The highest BCUT2D eigenvalue weighted by molar-refractivity contribution is 6.06. The molecule has 0 radical (unpaired) electrons. The molecule has 2 aliphatic rings. The second kappa shape index (κ2) is 5.09. The minimum atomic E-state index is -0.816. The highest BCUT2D eigenvalue weighted by atomic mass is 19.1. The molecule has 2 heterocycles. The summed E-state index contributed by atoms with van der Waals surface area (Å²) in [6.45, 7) is 1.75. The summed E-state index contributed by atoms with van der Waals surface area (Å²) < 4.78 is 28.2. The Labute approximate surface area is 121 Å². The summed E-state index contributed by atoms with van der Waals surface area (Å²) in [5, 5.41) is 0. The van der Waals surface area contributed by atoms with Gasteiger partial charge in [0.05, 0.1) is 0 Å². The summed E-state index contributed by atoms with van der Waals surface area (Å²) in [4.78, 5) is 27.2. The Morgan fingerprint density at radius 3 is 2.71 bits per heavy atom. The van der Waals surface area contributed by atoms with E-state index in [-0.39, 0.29) is 18.0 Å². The van der Waals surface area contributed by atoms with Crippen molar-refractivity contribution in [1.29, 1.82) is 0 Å². The maximum Gasteiger partial charge on any atom is 0.250 e. The molecule has 3 rings (SSSR count). The molecule has 0 bridgehead atoms. The smallest absolute Gasteiger partial charge is 0.250 e. The molecule has 2 saturated heterocycles. The van der Waals surface area contributed by atoms with Gasteiger partial charge in [0.25, 0.3) is 0 Å². The van der Waals surface area contributed by atoms with Crippen LogP contribution in [0.1, 0.15) is 24.8 Å². The summed E-state index contributed by atoms with van der Waals surface area (Å²) >= 11 is 0. The molecule has 6 heteroatoms. The second-order valence-electron chi connectivity index (χ2n) is 5.55. The Hall–Kier alpha value is -1.98. The first kappa shape index (κ1) is 14.0. The van der Waals surface area contributed by atoms with E-state index in [4.69, 9.17) is 0 Å². The van der Waals surface area contributed by atoms with Crippen LogP contribution < -0.4 is 4.90 Å². The Morgan fingerprint density at radius 1 is 1.19 bits per heavy atom. The van der Waals surface area contributed by atoms with Crippen molar-refractivity contribution < 1.29 is 18.4 Å². The first-order chi connectivity index (χ1) is 10.0. The van der Waals surface area contributed by atoms with Crippen molar-refractivity contribution in [3.8, 4) is 0 Å². The van der Waals surface area contributed by atoms with Gasteiger partial charge in [0, 0.05) is 6.54 Å². The van der Waals surface area contributed by atoms with E-state index in [1.165, 1.54) is 17.9 Å². The average Bonchev–Trinajstić information content (AvgIpc) is 2.48. The number of amides is 2. The molecule has 4 nitrogen and oxygen atoms in total. The van der Waals surface area contributed by atoms with E-state index in [9.17, 15) is 18.4 Å². The third-order valence-corrected chi connectivity index (χ3v) is 4.20. The molecule has 0 saturated carbocycles. The number of piperidine rings is 1. The third kappa shape index (κ3) is 2.18. The van der Waals surface area contributed by atoms with E-state index < -0.39 is 29.3 Å². The van der Waals surface area contributed by atoms with Gasteiger partial charge in [-0.05, 0) is 37.8 Å². The zero-order valence-corrected chi connectivity index (χ0v) is 11.7. The molecule has 2 aliphatic heterocycles. The standard InChI is InChI=1S/C15H16F2N2O2/c1-9-5-6-10(16)14(13(9)17)19-8-12(20)18-7-3-2-4-11(18)15(19)21/h5-6,11H,2-4,7-8H2,1H3. The predicted molar refractivity (Wildman–Crippen MR) is 72.8 cm³/mol. The van der Waals surface area contributed by atoms with Gasteiger partial charge in [0.1, 0.15) is 24.1 Å². The number of anilines is 1. The lowest BCUT2D eigenvalue weighted by Crippen LogP contribution is -2.61. The van der Waals surface area contributed by atoms with Crippen LogP contribution in [0.2, 0.25) is 0 Å². The number of hydrogen-bond acceptors (Lipinski definition) is 2. The van der Waals surface area contributed by atoms with Gasteiger partial charge in [-0.3, -0.25) is 14.5 Å². The zero-order valence-electron chi connectivity index (χ0n) is 11.7. The lowest BCUT2D eigenvalue weighted by Gasteiger charge is -2.42. The van der Waals surface area contributed by atoms with E-state index in [0.29, 0.717) is 13.0 Å². The van der Waals surface area contributed by atoms with Gasteiger partial charge >= 0.3 is 0 Å². The molecule has 0 spiro atoms. The molecule has 0 N–H and O–H groups in total. The van der Waals surface area contributed by atoms with E-state index >= 15 is 0 Å². The first-order valence-electron chi connectivity index (χ1n) is 7.06. The summed E-state index contributed by atoms with van der Waals surface area (Å²) in [7, 11) is 0. The van der Waals surface area contributed by atoms with Crippen LogP contribution in [0.5, 0.6) is 0 Å². The lowest BCUT2D eigenvalue weighted by atomic mass is 9.97. The molecular formula is C15H16F2N2O2. The van der Waals surface area contributed by atoms with Gasteiger partial charge in [0.2, 0.25) is 11.8 Å². The quantitative estimate of drug-likeness (QED) is 0.795. The van der Waals surface area contributed by atoms with Crippen LogP contribution in [0, 0.1) is 18.6 Å². The minimum absolute atomic E-state index is 0.248. The molecule has 2 fully saturated rings. The van der Waals surface area contributed by atoms with E-state index in [0.717, 1.165) is 23.8 Å². The van der Waals surface area contributed by atoms with Gasteiger partial charge in [-0.25, -0.2) is 8.78 Å². The number of rotatable bonds is 1. The van der Waals surface area contributed by atoms with Crippen LogP contribution in [0.25, 0.3) is 0 Å². The SMILES string of the molecule is Cc1ccc(F)c(N2CC(=O)N3CCCCC3C2=O)c1F. The highest BCUT2D eigenvalue weighted by Crippen LogP contribution is 2.31. The predicted octanol–water partition coefficient (Wildman–Crippen LogP) is 2.00. The number of piperazine rings is 1. The highest BCUT2D eigenvalue weighted by Gasteiger charge is 2.42. The van der Waals surface area contributed by atoms with Gasteiger partial charge < -0.3 is 4.90 Å². The zero-order chi connectivity index (χ0) is 15.1. The summed E-state index contributed by atoms with van der Waals surface area (Å²) in [5.74, 6) is -2.23. The average molecular weight is 294 g/mol. The molecule has 21 heavy (non-hydrogen) atoms. The van der Waals surface area contributed by atoms with Crippen LogP contribution in [0.4, 0.5) is 14.5 Å². The number of nitrogens with zero attached hydrogens (tertiary/aromatic N) is 2. The van der Waals surface area contributed by atoms with Crippen LogP contribution >= 0.6 is 0 Å². The normalized spacial score (nSPS) is 22.5. The minimum Gasteiger partial charge on any atom is -0.329 e. The largest absolute Gasteiger partial charge is 0.329 e. The van der Waals surface area contributed by atoms with Crippen LogP contribution in [0.3, 0.4) is 0 Å². The molecule has 1 atom stereocenters. The van der Waals surface area contributed by atoms with Gasteiger partial charge in [-0.15, -0.1) is 0 Å². The Morgan fingerprint density at radius 2 is 1.95 bits per heavy atom. The van der Waals surface area contributed by atoms with Crippen molar-refractivity contribution in [1.82, 2.24) is 4.90 Å². The van der Waals surface area contributed by atoms with Crippen molar-refractivity contribution in [2.24, 2.45) is 0 Å². The number of carbonyl (C=O) groups is 2. The monoisotopic (exact) mass is 294 g/mol. The maximum absolute atomic E-state index is 14.2. The number of fused-ring (bicyclic) bond motifs is 1. The second-order valence-corrected chi connectivity index (χ2v) is 5.55. The third-order valence-electron chi connectivity index (χ3n) is 4.20. The van der Waals surface area contributed by atoms with Crippen molar-refractivity contribution in [2.75, 3.05) is 18.0 Å². The van der Waals surface area contributed by atoms with Crippen molar-refractivity contribution in [2.45, 2.75) is 32.2 Å². The van der Waals surface area contributed by atoms with Gasteiger partial charge in [0.15, 0.2) is 5.82 Å². The Bertz CT molecular complexity index is 618. The molecule has 112 valence electrons. The Balaban J connectivity index is 2.02. The van der Waals surface area contributed by atoms with Gasteiger partial charge in [-0.1, -0.05) is 6.07 Å². The molecule has 1 aromatic rings. The lowest BCUT2D eigenvalue weighted by molar-refractivity contribution is -0.144. The number of hydrogen-bond donors (Lipinski definition) is 0. The van der Waals surface area contributed by atoms with Crippen molar-refractivity contribution in [3.05, 3.63) is 29.3 Å². The van der Waals surface area contributed by atoms with E-state index in [1.54, 1.807) is 0 Å². The fourth-order valence-electron chi connectivity index (χ4n) is 3.05. The molecule has 0 aliphatic carbocycles. The summed E-state index contributed by atoms with van der Waals surface area (Å²) in [6.07, 6.45) is 2.26. The first-order valence-corrected chi connectivity index (χ1v) is 7.06. The van der Waals surface area contributed by atoms with E-state index in [2.05, 4.69) is 0 Å². The van der Waals surface area contributed by atoms with Crippen molar-refractivity contribution >= 4 is 17.5 Å². The van der Waals surface area contributed by atoms with Crippen molar-refractivity contribution in [3.63, 3.8) is 0 Å². The molecule has 2 amide bonds. The van der Waals surface area contributed by atoms with Crippen LogP contribution in [-0.4, -0.2) is 35.8 Å². The number of benzene rings is 1. The molecule has 1 aromatic carbocycles. The van der Waals surface area contributed by atoms with Crippen LogP contribution in [0.15, 0.2) is 12.1 Å². The molecule has 1 unspecified atom stereocenters. The van der Waals surface area contributed by atoms with E-state index in [1.807, 2.05) is 0 Å². The molecular weight excluding hydrogens is 278 g/mol. The Kier molecular flexibility index (Phi) is 3.39.